The van der Waals surface area contributed by atoms with E-state index < -0.39 is 0 Å². The van der Waals surface area contributed by atoms with E-state index in [1.165, 1.54) is 12.8 Å². The summed E-state index contributed by atoms with van der Waals surface area (Å²) >= 11 is 0. The predicted octanol–water partition coefficient (Wildman–Crippen LogP) is 1.30. The normalized spacial score (nSPS) is 17.9. The van der Waals surface area contributed by atoms with Crippen LogP contribution in [0, 0.1) is 5.92 Å². The van der Waals surface area contributed by atoms with Crippen molar-refractivity contribution in [1.29, 1.82) is 0 Å². The van der Waals surface area contributed by atoms with Gasteiger partial charge in [0, 0.05) is 39.5 Å². The minimum absolute atomic E-state index is 0.0347. The molecule has 1 fully saturated rings. The van der Waals surface area contributed by atoms with Crippen molar-refractivity contribution in [3.8, 4) is 0 Å². The molecule has 1 amide bonds. The second-order valence-electron chi connectivity index (χ2n) is 6.83. The van der Waals surface area contributed by atoms with Crippen LogP contribution >= 0.6 is 0 Å². The number of likely N-dealkylation sites (tertiary alicyclic amines) is 1. The lowest BCUT2D eigenvalue weighted by Gasteiger charge is -2.32. The highest BCUT2D eigenvalue weighted by atomic mass is 16.5. The van der Waals surface area contributed by atoms with E-state index in [1.54, 1.807) is 4.90 Å². The SMILES string of the molecule is CC1CCN(CC(C)NC(=O)CCc2nc(N(C)C)no2)CC1. The van der Waals surface area contributed by atoms with E-state index in [4.69, 9.17) is 4.52 Å². The van der Waals surface area contributed by atoms with Crippen LogP contribution in [0.15, 0.2) is 4.52 Å². The summed E-state index contributed by atoms with van der Waals surface area (Å²) in [5.41, 5.74) is 0. The zero-order valence-electron chi connectivity index (χ0n) is 14.7. The topological polar surface area (TPSA) is 74.5 Å². The third kappa shape index (κ3) is 5.82. The Morgan fingerprint density at radius 3 is 2.74 bits per heavy atom. The zero-order valence-corrected chi connectivity index (χ0v) is 14.7. The Balaban J connectivity index is 1.67. The van der Waals surface area contributed by atoms with E-state index in [0.717, 1.165) is 25.6 Å². The second kappa shape index (κ2) is 8.29. The van der Waals surface area contributed by atoms with Gasteiger partial charge in [-0.1, -0.05) is 6.92 Å². The van der Waals surface area contributed by atoms with Gasteiger partial charge in [-0.25, -0.2) is 0 Å². The summed E-state index contributed by atoms with van der Waals surface area (Å²) in [7, 11) is 3.70. The van der Waals surface area contributed by atoms with Gasteiger partial charge < -0.3 is 19.6 Å². The zero-order chi connectivity index (χ0) is 16.8. The number of piperidine rings is 1. The van der Waals surface area contributed by atoms with Crippen LogP contribution in [0.4, 0.5) is 5.95 Å². The average molecular weight is 323 g/mol. The monoisotopic (exact) mass is 323 g/mol. The molecule has 130 valence electrons. The number of hydrogen-bond acceptors (Lipinski definition) is 6. The fourth-order valence-corrected chi connectivity index (χ4v) is 2.77. The summed E-state index contributed by atoms with van der Waals surface area (Å²) in [6.45, 7) is 7.56. The van der Waals surface area contributed by atoms with E-state index >= 15 is 0 Å². The third-order valence-electron chi connectivity index (χ3n) is 4.24. The first kappa shape index (κ1) is 17.7. The van der Waals surface area contributed by atoms with Crippen LogP contribution in [-0.2, 0) is 11.2 Å². The van der Waals surface area contributed by atoms with Crippen LogP contribution in [-0.4, -0.2) is 60.7 Å². The van der Waals surface area contributed by atoms with Crippen LogP contribution in [0.2, 0.25) is 0 Å². The van der Waals surface area contributed by atoms with Crippen LogP contribution in [0.5, 0.6) is 0 Å². The van der Waals surface area contributed by atoms with Gasteiger partial charge in [-0.2, -0.15) is 4.98 Å². The Morgan fingerprint density at radius 1 is 1.43 bits per heavy atom. The molecular formula is C16H29N5O2. The van der Waals surface area contributed by atoms with Gasteiger partial charge in [-0.05, 0) is 43.9 Å². The molecule has 1 atom stereocenters. The predicted molar refractivity (Wildman–Crippen MR) is 89.4 cm³/mol. The highest BCUT2D eigenvalue weighted by molar-refractivity contribution is 5.76. The van der Waals surface area contributed by atoms with Crippen molar-refractivity contribution in [2.24, 2.45) is 5.92 Å². The van der Waals surface area contributed by atoms with Crippen molar-refractivity contribution in [2.75, 3.05) is 38.6 Å². The quantitative estimate of drug-likeness (QED) is 0.815. The largest absolute Gasteiger partial charge is 0.352 e. The molecule has 0 aromatic carbocycles. The number of amides is 1. The molecule has 2 heterocycles. The van der Waals surface area contributed by atoms with Gasteiger partial charge in [0.25, 0.3) is 5.95 Å². The minimum atomic E-state index is 0.0347. The van der Waals surface area contributed by atoms with Crippen molar-refractivity contribution < 1.29 is 9.32 Å². The lowest BCUT2D eigenvalue weighted by molar-refractivity contribution is -0.121. The highest BCUT2D eigenvalue weighted by Crippen LogP contribution is 2.15. The molecule has 0 saturated carbocycles. The minimum Gasteiger partial charge on any atom is -0.352 e. The van der Waals surface area contributed by atoms with Crippen LogP contribution in [0.25, 0.3) is 0 Å². The van der Waals surface area contributed by atoms with Crippen molar-refractivity contribution in [3.63, 3.8) is 0 Å². The fourth-order valence-electron chi connectivity index (χ4n) is 2.77. The number of carbonyl (C=O) groups is 1. The number of nitrogens with zero attached hydrogens (tertiary/aromatic N) is 4. The van der Waals surface area contributed by atoms with Gasteiger partial charge in [-0.3, -0.25) is 4.79 Å². The number of carbonyl (C=O) groups excluding carboxylic acids is 1. The summed E-state index contributed by atoms with van der Waals surface area (Å²) < 4.78 is 5.12. The standard InChI is InChI=1S/C16H29N5O2/c1-12-7-9-21(10-8-12)11-13(2)17-14(22)5-6-15-18-16(19-23-15)20(3)4/h12-13H,5-11H2,1-4H3,(H,17,22). The lowest BCUT2D eigenvalue weighted by atomic mass is 9.99. The molecule has 0 aliphatic carbocycles. The molecule has 0 spiro atoms. The van der Waals surface area contributed by atoms with Gasteiger partial charge in [0.2, 0.25) is 11.8 Å². The molecule has 23 heavy (non-hydrogen) atoms. The molecule has 1 aromatic rings. The summed E-state index contributed by atoms with van der Waals surface area (Å²) in [6, 6.07) is 0.163. The molecule has 0 radical (unpaired) electrons. The van der Waals surface area contributed by atoms with E-state index in [-0.39, 0.29) is 11.9 Å². The third-order valence-corrected chi connectivity index (χ3v) is 4.24. The van der Waals surface area contributed by atoms with Gasteiger partial charge >= 0.3 is 0 Å². The Kier molecular flexibility index (Phi) is 6.38. The molecule has 0 bridgehead atoms. The second-order valence-corrected chi connectivity index (χ2v) is 6.83. The van der Waals surface area contributed by atoms with E-state index in [9.17, 15) is 4.79 Å². The number of aryl methyl sites for hydroxylation is 1. The van der Waals surface area contributed by atoms with Gasteiger partial charge in [-0.15, -0.1) is 0 Å². The first-order valence-electron chi connectivity index (χ1n) is 8.45. The van der Waals surface area contributed by atoms with Crippen molar-refractivity contribution in [1.82, 2.24) is 20.4 Å². The van der Waals surface area contributed by atoms with Gasteiger partial charge in [0.05, 0.1) is 0 Å². The van der Waals surface area contributed by atoms with Crippen molar-refractivity contribution >= 4 is 11.9 Å². The Bertz CT molecular complexity index is 494. The summed E-state index contributed by atoms with van der Waals surface area (Å²) in [6.07, 6.45) is 3.36. The first-order valence-corrected chi connectivity index (χ1v) is 8.45. The van der Waals surface area contributed by atoms with Crippen LogP contribution in [0.1, 0.15) is 39.0 Å². The number of aromatic nitrogens is 2. The van der Waals surface area contributed by atoms with Crippen molar-refractivity contribution in [3.05, 3.63) is 5.89 Å². The molecule has 7 heteroatoms. The van der Waals surface area contributed by atoms with E-state index in [2.05, 4.69) is 34.2 Å². The van der Waals surface area contributed by atoms with Crippen molar-refractivity contribution in [2.45, 2.75) is 45.6 Å². The Morgan fingerprint density at radius 2 is 2.13 bits per heavy atom. The maximum absolute atomic E-state index is 12.0. The number of rotatable bonds is 7. The highest BCUT2D eigenvalue weighted by Gasteiger charge is 2.18. The number of anilines is 1. The average Bonchev–Trinajstić information content (AvgIpc) is 2.97. The first-order chi connectivity index (χ1) is 10.9. The molecule has 1 N–H and O–H groups in total. The molecule has 1 saturated heterocycles. The molecule has 2 rings (SSSR count). The smallest absolute Gasteiger partial charge is 0.265 e. The summed E-state index contributed by atoms with van der Waals surface area (Å²) in [5.74, 6) is 1.90. The molecular weight excluding hydrogens is 294 g/mol. The summed E-state index contributed by atoms with van der Waals surface area (Å²) in [5, 5.41) is 6.90. The van der Waals surface area contributed by atoms with Crippen LogP contribution < -0.4 is 10.2 Å². The molecule has 1 aliphatic rings. The van der Waals surface area contributed by atoms with E-state index in [1.807, 2.05) is 14.1 Å². The maximum Gasteiger partial charge on any atom is 0.265 e. The lowest BCUT2D eigenvalue weighted by Crippen LogP contribution is -2.44. The van der Waals surface area contributed by atoms with Crippen LogP contribution in [0.3, 0.4) is 0 Å². The summed E-state index contributed by atoms with van der Waals surface area (Å²) in [4.78, 5) is 20.5. The van der Waals surface area contributed by atoms with Gasteiger partial charge in [0.1, 0.15) is 0 Å². The molecule has 1 aromatic heterocycles. The molecule has 1 unspecified atom stereocenters. The molecule has 1 aliphatic heterocycles. The Hall–Kier alpha value is -1.63. The number of nitrogens with one attached hydrogen (secondary N) is 1. The van der Waals surface area contributed by atoms with E-state index in [0.29, 0.717) is 24.7 Å². The molecule has 7 nitrogen and oxygen atoms in total. The number of hydrogen-bond donors (Lipinski definition) is 1. The maximum atomic E-state index is 12.0. The Labute approximate surface area is 138 Å². The van der Waals surface area contributed by atoms with Gasteiger partial charge in [0.15, 0.2) is 0 Å². The fraction of sp³-hybridized carbons (Fsp3) is 0.812.